The molecule has 2 aromatic carbocycles. The highest BCUT2D eigenvalue weighted by Crippen LogP contribution is 2.27. The third-order valence-corrected chi connectivity index (χ3v) is 3.69. The van der Waals surface area contributed by atoms with Crippen molar-refractivity contribution in [3.63, 3.8) is 0 Å². The average molecular weight is 247 g/mol. The largest absolute Gasteiger partial charge is 0.508 e. The van der Waals surface area contributed by atoms with Gasteiger partial charge in [0.2, 0.25) is 0 Å². The molecular weight excluding hydrogens is 238 g/mol. The second kappa shape index (κ2) is 3.35. The maximum atomic E-state index is 9.94. The van der Waals surface area contributed by atoms with Crippen molar-refractivity contribution >= 4 is 53.3 Å². The number of fused-ring (bicyclic) bond motifs is 1. The smallest absolute Gasteiger partial charge is 0.143 e. The quantitative estimate of drug-likeness (QED) is 0.640. The molecule has 0 bridgehead atoms. The van der Waals surface area contributed by atoms with Gasteiger partial charge in [0.05, 0.1) is 0 Å². The summed E-state index contributed by atoms with van der Waals surface area (Å²) in [5.74, 6) is 0.390. The van der Waals surface area contributed by atoms with Gasteiger partial charge >= 0.3 is 0 Å². The lowest BCUT2D eigenvalue weighted by atomic mass is 9.78. The molecule has 1 nitrogen and oxygen atoms in total. The van der Waals surface area contributed by atoms with Gasteiger partial charge in [-0.05, 0) is 5.39 Å². The lowest BCUT2D eigenvalue weighted by molar-refractivity contribution is 0.486. The fourth-order valence-electron chi connectivity index (χ4n) is 1.63. The van der Waals surface area contributed by atoms with Crippen LogP contribution >= 0.6 is 15.9 Å². The molecule has 68 valence electrons. The van der Waals surface area contributed by atoms with E-state index < -0.39 is 0 Å². The van der Waals surface area contributed by atoms with Crippen LogP contribution in [-0.2, 0) is 0 Å². The molecule has 0 aromatic heterocycles. The van der Waals surface area contributed by atoms with E-state index in [0.29, 0.717) is 5.75 Å². The summed E-state index contributed by atoms with van der Waals surface area (Å²) in [7, 11) is 3.94. The first-order valence-electron chi connectivity index (χ1n) is 4.49. The second-order valence-corrected chi connectivity index (χ2v) is 4.25. The minimum Gasteiger partial charge on any atom is -0.508 e. The number of phenolic OH excluding ortho intramolecular Hbond substituents is 1. The number of aromatic hydroxyl groups is 1. The van der Waals surface area contributed by atoms with Gasteiger partial charge in [-0.15, -0.1) is 0 Å². The standard InChI is InChI=1S/C10H9B2BrO/c11-7-8(12)10(14)6-4-2-1-3-5(6)9(7)13/h1-4,14H,11-12H2. The molecule has 0 atom stereocenters. The van der Waals surface area contributed by atoms with Crippen LogP contribution in [-0.4, -0.2) is 20.8 Å². The highest BCUT2D eigenvalue weighted by Gasteiger charge is 2.10. The first-order chi connectivity index (χ1) is 6.63. The maximum absolute atomic E-state index is 9.94. The molecule has 0 amide bonds. The number of hydrogen-bond donors (Lipinski definition) is 1. The van der Waals surface area contributed by atoms with E-state index in [-0.39, 0.29) is 0 Å². The van der Waals surface area contributed by atoms with E-state index >= 15 is 0 Å². The molecule has 14 heavy (non-hydrogen) atoms. The SMILES string of the molecule is Bc1c(B)c(Br)c2ccccc2c1O. The van der Waals surface area contributed by atoms with Crippen molar-refractivity contribution in [2.45, 2.75) is 0 Å². The predicted octanol–water partition coefficient (Wildman–Crippen LogP) is -0.175. The fraction of sp³-hybridized carbons (Fsp3) is 0. The molecular formula is C10H9B2BrO. The van der Waals surface area contributed by atoms with Crippen molar-refractivity contribution in [3.05, 3.63) is 28.7 Å². The highest BCUT2D eigenvalue weighted by molar-refractivity contribution is 9.10. The molecule has 0 aliphatic heterocycles. The van der Waals surface area contributed by atoms with Gasteiger partial charge in [-0.25, -0.2) is 0 Å². The van der Waals surface area contributed by atoms with Crippen molar-refractivity contribution < 1.29 is 5.11 Å². The normalized spacial score (nSPS) is 10.6. The molecule has 0 heterocycles. The van der Waals surface area contributed by atoms with Crippen molar-refractivity contribution in [1.82, 2.24) is 0 Å². The van der Waals surface area contributed by atoms with Crippen molar-refractivity contribution in [2.24, 2.45) is 0 Å². The molecule has 0 aliphatic rings. The molecule has 0 unspecified atom stereocenters. The van der Waals surface area contributed by atoms with Gasteiger partial charge in [-0.2, -0.15) is 0 Å². The summed E-state index contributed by atoms with van der Waals surface area (Å²) >= 11 is 3.55. The Balaban J connectivity index is 3.02. The van der Waals surface area contributed by atoms with E-state index in [1.54, 1.807) is 0 Å². The molecule has 0 saturated carbocycles. The highest BCUT2D eigenvalue weighted by atomic mass is 79.9. The zero-order valence-corrected chi connectivity index (χ0v) is 9.72. The van der Waals surface area contributed by atoms with Crippen LogP contribution in [0.3, 0.4) is 0 Å². The summed E-state index contributed by atoms with van der Waals surface area (Å²) < 4.78 is 1.07. The first-order valence-corrected chi connectivity index (χ1v) is 5.28. The zero-order chi connectivity index (χ0) is 10.3. The summed E-state index contributed by atoms with van der Waals surface area (Å²) in [6, 6.07) is 7.85. The van der Waals surface area contributed by atoms with E-state index in [2.05, 4.69) is 15.9 Å². The third kappa shape index (κ3) is 1.25. The number of phenols is 1. The van der Waals surface area contributed by atoms with Gasteiger partial charge in [0.1, 0.15) is 21.4 Å². The molecule has 0 spiro atoms. The van der Waals surface area contributed by atoms with E-state index in [1.165, 1.54) is 0 Å². The lowest BCUT2D eigenvalue weighted by Crippen LogP contribution is -2.27. The Morgan fingerprint density at radius 3 is 2.21 bits per heavy atom. The summed E-state index contributed by atoms with van der Waals surface area (Å²) in [4.78, 5) is 0. The van der Waals surface area contributed by atoms with Crippen LogP contribution in [0.5, 0.6) is 5.75 Å². The number of benzene rings is 2. The minimum atomic E-state index is 0.390. The van der Waals surface area contributed by atoms with Crippen LogP contribution in [0.1, 0.15) is 0 Å². The summed E-state index contributed by atoms with van der Waals surface area (Å²) in [5.41, 5.74) is 2.04. The van der Waals surface area contributed by atoms with Gasteiger partial charge in [0.15, 0.2) is 0 Å². The third-order valence-electron chi connectivity index (χ3n) is 2.67. The summed E-state index contributed by atoms with van der Waals surface area (Å²) in [6.45, 7) is 0. The Morgan fingerprint density at radius 1 is 1.00 bits per heavy atom. The first kappa shape index (κ1) is 9.66. The Hall–Kier alpha value is -0.890. The molecule has 2 aromatic rings. The molecule has 0 radical (unpaired) electrons. The van der Waals surface area contributed by atoms with Crippen molar-refractivity contribution in [3.8, 4) is 5.75 Å². The van der Waals surface area contributed by atoms with Crippen LogP contribution in [0.15, 0.2) is 28.7 Å². The van der Waals surface area contributed by atoms with Crippen LogP contribution in [0.4, 0.5) is 0 Å². The van der Waals surface area contributed by atoms with Crippen molar-refractivity contribution in [2.75, 3.05) is 0 Å². The molecule has 0 saturated heterocycles. The molecule has 1 N–H and O–H groups in total. The maximum Gasteiger partial charge on any atom is 0.143 e. The number of halogens is 1. The Bertz CT molecular complexity index is 464. The summed E-state index contributed by atoms with van der Waals surface area (Å²) in [6.07, 6.45) is 0. The van der Waals surface area contributed by atoms with Gasteiger partial charge < -0.3 is 5.11 Å². The molecule has 0 fully saturated rings. The average Bonchev–Trinajstić information content (AvgIpc) is 2.23. The molecule has 2 rings (SSSR count). The van der Waals surface area contributed by atoms with Gasteiger partial charge in [-0.1, -0.05) is 51.1 Å². The Labute approximate surface area is 93.1 Å². The Kier molecular flexibility index (Phi) is 2.31. The summed E-state index contributed by atoms with van der Waals surface area (Å²) in [5, 5.41) is 11.9. The Morgan fingerprint density at radius 2 is 1.57 bits per heavy atom. The minimum absolute atomic E-state index is 0.390. The molecule has 0 aliphatic carbocycles. The zero-order valence-electron chi connectivity index (χ0n) is 8.13. The van der Waals surface area contributed by atoms with Crippen molar-refractivity contribution in [1.29, 1.82) is 0 Å². The monoisotopic (exact) mass is 246 g/mol. The van der Waals surface area contributed by atoms with E-state index in [9.17, 15) is 5.11 Å². The van der Waals surface area contributed by atoms with E-state index in [0.717, 1.165) is 26.2 Å². The van der Waals surface area contributed by atoms with Crippen LogP contribution < -0.4 is 10.9 Å². The predicted molar refractivity (Wildman–Crippen MR) is 69.7 cm³/mol. The van der Waals surface area contributed by atoms with Crippen LogP contribution in [0, 0.1) is 0 Å². The molecule has 4 heteroatoms. The topological polar surface area (TPSA) is 20.2 Å². The van der Waals surface area contributed by atoms with E-state index in [1.807, 2.05) is 40.0 Å². The van der Waals surface area contributed by atoms with Crippen LogP contribution in [0.2, 0.25) is 0 Å². The van der Waals surface area contributed by atoms with Crippen LogP contribution in [0.25, 0.3) is 10.8 Å². The van der Waals surface area contributed by atoms with Gasteiger partial charge in [0, 0.05) is 9.86 Å². The second-order valence-electron chi connectivity index (χ2n) is 3.46. The van der Waals surface area contributed by atoms with Gasteiger partial charge in [-0.3, -0.25) is 0 Å². The van der Waals surface area contributed by atoms with E-state index in [4.69, 9.17) is 0 Å². The van der Waals surface area contributed by atoms with Gasteiger partial charge in [0.25, 0.3) is 0 Å². The lowest BCUT2D eigenvalue weighted by Gasteiger charge is -2.11. The number of rotatable bonds is 0. The fourth-order valence-corrected chi connectivity index (χ4v) is 2.27. The number of hydrogen-bond acceptors (Lipinski definition) is 1.